The maximum absolute atomic E-state index is 11.9. The molecule has 0 aromatic heterocycles. The first-order chi connectivity index (χ1) is 15.1. The van der Waals surface area contributed by atoms with E-state index in [-0.39, 0.29) is 13.2 Å². The van der Waals surface area contributed by atoms with Crippen LogP contribution in [0.1, 0.15) is 84.0 Å². The highest BCUT2D eigenvalue weighted by Gasteiger charge is 2.19. The van der Waals surface area contributed by atoms with Gasteiger partial charge in [0.1, 0.15) is 13.2 Å². The molecular weight excluding hydrogens is 427 g/mol. The van der Waals surface area contributed by atoms with Crippen LogP contribution >= 0.6 is 7.82 Å². The number of methoxy groups -OCH3 is 1. The summed E-state index contributed by atoms with van der Waals surface area (Å²) >= 11 is 0. The van der Waals surface area contributed by atoms with Gasteiger partial charge in [-0.1, -0.05) is 83.3 Å². The monoisotopic (exact) mass is 478 g/mol. The summed E-state index contributed by atoms with van der Waals surface area (Å²) in [6, 6.07) is -0.585. The molecule has 0 saturated heterocycles. The molecule has 0 saturated carbocycles. The van der Waals surface area contributed by atoms with Crippen molar-refractivity contribution in [3.8, 4) is 0 Å². The lowest BCUT2D eigenvalue weighted by atomic mass is 10.0. The van der Waals surface area contributed by atoms with Crippen molar-refractivity contribution in [1.82, 2.24) is 0 Å². The molecule has 3 atom stereocenters. The summed E-state index contributed by atoms with van der Waals surface area (Å²) in [5.41, 5.74) is 6.06. The lowest BCUT2D eigenvalue weighted by Crippen LogP contribution is -2.39. The number of hydrogen-bond donors (Lipinski definition) is 1. The summed E-state index contributed by atoms with van der Waals surface area (Å²) in [6.07, 6.45) is 19.1. The summed E-state index contributed by atoms with van der Waals surface area (Å²) in [4.78, 5) is 11.9. The third kappa shape index (κ3) is 20.3. The highest BCUT2D eigenvalue weighted by molar-refractivity contribution is 7.45. The van der Waals surface area contributed by atoms with Crippen molar-refractivity contribution >= 4 is 7.82 Å². The Morgan fingerprint density at radius 1 is 0.938 bits per heavy atom. The van der Waals surface area contributed by atoms with Gasteiger partial charge >= 0.3 is 0 Å². The van der Waals surface area contributed by atoms with Crippen LogP contribution in [0.5, 0.6) is 0 Å². The van der Waals surface area contributed by atoms with Crippen LogP contribution in [-0.4, -0.2) is 64.6 Å². The molecule has 0 spiro atoms. The molecule has 0 aliphatic rings. The maximum atomic E-state index is 11.9. The first-order valence-electron chi connectivity index (χ1n) is 12.5. The normalized spacial score (nSPS) is 16.3. The van der Waals surface area contributed by atoms with Gasteiger partial charge in [0.15, 0.2) is 0 Å². The van der Waals surface area contributed by atoms with E-state index in [9.17, 15) is 9.46 Å². The first kappa shape index (κ1) is 31.7. The summed E-state index contributed by atoms with van der Waals surface area (Å²) in [5, 5.41) is 0. The number of unbranched alkanes of at least 4 members (excludes halogenated alkanes) is 11. The van der Waals surface area contributed by atoms with Crippen LogP contribution in [0.4, 0.5) is 0 Å². The molecule has 0 fully saturated rings. The molecule has 0 aromatic rings. The molecule has 0 aliphatic heterocycles. The Bertz CT molecular complexity index is 511. The van der Waals surface area contributed by atoms with Gasteiger partial charge in [0.05, 0.1) is 39.9 Å². The zero-order chi connectivity index (χ0) is 24.3. The highest BCUT2D eigenvalue weighted by Crippen LogP contribution is 2.38. The van der Waals surface area contributed by atoms with Crippen LogP contribution in [0.3, 0.4) is 0 Å². The van der Waals surface area contributed by atoms with E-state index in [0.717, 1.165) is 12.8 Å². The molecule has 7 nitrogen and oxygen atoms in total. The molecule has 1 unspecified atom stereocenters. The smallest absolute Gasteiger partial charge is 0.268 e. The zero-order valence-corrected chi connectivity index (χ0v) is 22.3. The molecule has 0 amide bonds. The van der Waals surface area contributed by atoms with E-state index in [0.29, 0.717) is 11.0 Å². The van der Waals surface area contributed by atoms with Crippen molar-refractivity contribution < 1.29 is 27.7 Å². The van der Waals surface area contributed by atoms with Gasteiger partial charge in [-0.15, -0.1) is 0 Å². The fourth-order valence-corrected chi connectivity index (χ4v) is 4.02. The van der Waals surface area contributed by atoms with E-state index >= 15 is 0 Å². The third-order valence-corrected chi connectivity index (χ3v) is 6.39. The average Bonchev–Trinajstić information content (AvgIpc) is 2.71. The largest absolute Gasteiger partial charge is 0.756 e. The quantitative estimate of drug-likeness (QED) is 0.104. The fraction of sp³-hybridized carbons (Fsp3) is 0.917. The van der Waals surface area contributed by atoms with Gasteiger partial charge in [0.2, 0.25) is 0 Å². The van der Waals surface area contributed by atoms with E-state index in [1.165, 1.54) is 64.2 Å². The number of rotatable bonds is 22. The predicted octanol–water partition coefficient (Wildman–Crippen LogP) is 4.79. The summed E-state index contributed by atoms with van der Waals surface area (Å²) in [5.74, 6) is 0. The lowest BCUT2D eigenvalue weighted by molar-refractivity contribution is -0.870. The molecular formula is C24H51N2O5P. The zero-order valence-electron chi connectivity index (χ0n) is 21.4. The van der Waals surface area contributed by atoms with Gasteiger partial charge < -0.3 is 28.9 Å². The van der Waals surface area contributed by atoms with Crippen LogP contribution in [0.25, 0.3) is 0 Å². The highest BCUT2D eigenvalue weighted by atomic mass is 31.2. The van der Waals surface area contributed by atoms with Crippen molar-refractivity contribution in [2.24, 2.45) is 5.73 Å². The van der Waals surface area contributed by atoms with Gasteiger partial charge in [-0.25, -0.2) is 0 Å². The van der Waals surface area contributed by atoms with Gasteiger partial charge in [-0.3, -0.25) is 4.57 Å². The van der Waals surface area contributed by atoms with Crippen LogP contribution in [-0.2, 0) is 18.3 Å². The number of quaternary nitrogens is 1. The second-order valence-electron chi connectivity index (χ2n) is 9.71. The third-order valence-electron chi connectivity index (χ3n) is 5.43. The first-order valence-corrected chi connectivity index (χ1v) is 13.9. The van der Waals surface area contributed by atoms with E-state index < -0.39 is 20.0 Å². The van der Waals surface area contributed by atoms with Crippen molar-refractivity contribution in [2.45, 2.75) is 96.1 Å². The number of nitrogens with zero attached hydrogens (tertiary/aromatic N) is 1. The summed E-state index contributed by atoms with van der Waals surface area (Å²) in [7, 11) is 3.08. The molecule has 2 N–H and O–H groups in total. The second kappa shape index (κ2) is 19.1. The minimum atomic E-state index is -4.36. The number of nitrogens with two attached hydrogens (primary N) is 1. The molecule has 0 aliphatic carbocycles. The van der Waals surface area contributed by atoms with Crippen LogP contribution < -0.4 is 10.6 Å². The van der Waals surface area contributed by atoms with Crippen LogP contribution in [0.15, 0.2) is 12.2 Å². The Morgan fingerprint density at radius 3 is 1.97 bits per heavy atom. The number of likely N-dealkylation sites (N-methyl/N-ethyl adjacent to an activating group) is 1. The number of ether oxygens (including phenoxy) is 1. The summed E-state index contributed by atoms with van der Waals surface area (Å²) < 4.78 is 27.7. The van der Waals surface area contributed by atoms with Crippen LogP contribution in [0.2, 0.25) is 0 Å². The fourth-order valence-electron chi connectivity index (χ4n) is 3.29. The second-order valence-corrected chi connectivity index (χ2v) is 11.1. The Hall–Kier alpha value is -0.270. The Balaban J connectivity index is 3.89. The molecule has 0 radical (unpaired) electrons. The van der Waals surface area contributed by atoms with Gasteiger partial charge in [0, 0.05) is 7.11 Å². The Labute approximate surface area is 197 Å². The lowest BCUT2D eigenvalue weighted by Gasteiger charge is -2.28. The number of phosphoric acid groups is 1. The van der Waals surface area contributed by atoms with E-state index in [1.54, 1.807) is 7.11 Å². The summed E-state index contributed by atoms with van der Waals surface area (Å²) in [6.45, 7) is 2.72. The van der Waals surface area contributed by atoms with E-state index in [1.807, 2.05) is 27.2 Å². The van der Waals surface area contributed by atoms with E-state index in [2.05, 4.69) is 13.0 Å². The molecule has 0 heterocycles. The Morgan fingerprint density at radius 2 is 1.47 bits per heavy atom. The maximum Gasteiger partial charge on any atom is 0.268 e. The predicted molar refractivity (Wildman–Crippen MR) is 131 cm³/mol. The SMILES string of the molecule is CCCCCCCCCCCCC/C=C/[C@@H](OC)[C@@H](N)COP(=O)([O-])OCC[N+](C)(C)C. The van der Waals surface area contributed by atoms with Gasteiger partial charge in [0.25, 0.3) is 7.82 Å². The van der Waals surface area contributed by atoms with Crippen molar-refractivity contribution in [1.29, 1.82) is 0 Å². The van der Waals surface area contributed by atoms with Gasteiger partial charge in [-0.05, 0) is 12.8 Å². The van der Waals surface area contributed by atoms with Crippen LogP contribution in [0, 0.1) is 0 Å². The Kier molecular flexibility index (Phi) is 18.9. The number of allylic oxidation sites excluding steroid dienone is 1. The molecule has 0 aromatic carbocycles. The molecule has 0 bridgehead atoms. The standard InChI is InChI=1S/C24H51N2O5P/c1-6-7-8-9-10-11-12-13-14-15-16-17-18-19-24(29-5)23(25)22-31-32(27,28)30-21-20-26(2,3)4/h18-19,23-24H,6-17,20-22,25H2,1-5H3/b19-18+/t23-,24+/m0/s1. The van der Waals surface area contributed by atoms with Crippen molar-refractivity contribution in [3.63, 3.8) is 0 Å². The topological polar surface area (TPSA) is 93.8 Å². The minimum Gasteiger partial charge on any atom is -0.756 e. The number of phosphoric ester groups is 1. The molecule has 0 rings (SSSR count). The van der Waals surface area contributed by atoms with Gasteiger partial charge in [-0.2, -0.15) is 0 Å². The molecule has 8 heteroatoms. The van der Waals surface area contributed by atoms with E-state index in [4.69, 9.17) is 19.5 Å². The van der Waals surface area contributed by atoms with Crippen molar-refractivity contribution in [3.05, 3.63) is 12.2 Å². The molecule has 32 heavy (non-hydrogen) atoms. The molecule has 192 valence electrons. The number of hydrogen-bond acceptors (Lipinski definition) is 6. The van der Waals surface area contributed by atoms with Crippen molar-refractivity contribution in [2.75, 3.05) is 48.0 Å². The minimum absolute atomic E-state index is 0.0755. The average molecular weight is 479 g/mol.